The summed E-state index contributed by atoms with van der Waals surface area (Å²) in [6, 6.07) is 4.93. The standard InChI is InChI=1S/C14H18N4OS/c1-19-12-5-4-9-13(16-12)18(14(20)15-9)11-6-8-17-7-2-3-10(11)17/h4-5,10-11H,2-3,6-8H2,1H3,(H,15,20). The first-order chi connectivity index (χ1) is 9.78. The first kappa shape index (κ1) is 12.3. The van der Waals surface area contributed by atoms with E-state index >= 15 is 0 Å². The number of imidazole rings is 1. The van der Waals surface area contributed by atoms with E-state index in [0.717, 1.165) is 22.4 Å². The molecule has 0 spiro atoms. The number of H-pyrrole nitrogens is 1. The highest BCUT2D eigenvalue weighted by atomic mass is 32.1. The Morgan fingerprint density at radius 1 is 1.30 bits per heavy atom. The molecule has 2 saturated heterocycles. The molecule has 0 aliphatic carbocycles. The van der Waals surface area contributed by atoms with Crippen LogP contribution in [0.3, 0.4) is 0 Å². The number of nitrogens with one attached hydrogen (secondary N) is 1. The van der Waals surface area contributed by atoms with Crippen LogP contribution in [0.5, 0.6) is 5.88 Å². The van der Waals surface area contributed by atoms with Gasteiger partial charge in [0.25, 0.3) is 0 Å². The Kier molecular flexibility index (Phi) is 2.82. The van der Waals surface area contributed by atoms with Crippen LogP contribution in [0, 0.1) is 4.77 Å². The lowest BCUT2D eigenvalue weighted by Crippen LogP contribution is -2.27. The molecular formula is C14H18N4OS. The van der Waals surface area contributed by atoms with Crippen LogP contribution in [0.1, 0.15) is 25.3 Å². The molecular weight excluding hydrogens is 272 g/mol. The number of aromatic nitrogens is 3. The molecule has 106 valence electrons. The van der Waals surface area contributed by atoms with Crippen molar-refractivity contribution < 1.29 is 4.74 Å². The zero-order valence-corrected chi connectivity index (χ0v) is 12.3. The third-order valence-electron chi connectivity index (χ3n) is 4.65. The highest BCUT2D eigenvalue weighted by Gasteiger charge is 2.39. The van der Waals surface area contributed by atoms with Crippen molar-refractivity contribution in [3.63, 3.8) is 0 Å². The second-order valence-corrected chi connectivity index (χ2v) is 6.01. The van der Waals surface area contributed by atoms with E-state index in [2.05, 4.69) is 19.4 Å². The van der Waals surface area contributed by atoms with Crippen LogP contribution in [0.2, 0.25) is 0 Å². The molecule has 6 heteroatoms. The fourth-order valence-corrected chi connectivity index (χ4v) is 4.09. The highest BCUT2D eigenvalue weighted by molar-refractivity contribution is 7.71. The van der Waals surface area contributed by atoms with E-state index in [1.807, 2.05) is 12.1 Å². The Labute approximate surface area is 122 Å². The van der Waals surface area contributed by atoms with Gasteiger partial charge in [-0.2, -0.15) is 4.98 Å². The second-order valence-electron chi connectivity index (χ2n) is 5.63. The molecule has 0 saturated carbocycles. The van der Waals surface area contributed by atoms with Crippen LogP contribution < -0.4 is 4.74 Å². The van der Waals surface area contributed by atoms with Crippen molar-refractivity contribution in [2.45, 2.75) is 31.3 Å². The predicted octanol–water partition coefficient (Wildman–Crippen LogP) is 2.51. The summed E-state index contributed by atoms with van der Waals surface area (Å²) < 4.78 is 8.24. The lowest BCUT2D eigenvalue weighted by Gasteiger charge is -2.21. The topological polar surface area (TPSA) is 46.1 Å². The molecule has 20 heavy (non-hydrogen) atoms. The molecule has 2 fully saturated rings. The van der Waals surface area contributed by atoms with Crippen molar-refractivity contribution in [1.82, 2.24) is 19.4 Å². The summed E-state index contributed by atoms with van der Waals surface area (Å²) in [5.74, 6) is 0.640. The molecule has 1 N–H and O–H groups in total. The van der Waals surface area contributed by atoms with E-state index in [4.69, 9.17) is 17.0 Å². The van der Waals surface area contributed by atoms with Crippen molar-refractivity contribution in [1.29, 1.82) is 0 Å². The number of fused-ring (bicyclic) bond motifs is 2. The summed E-state index contributed by atoms with van der Waals surface area (Å²) in [5, 5.41) is 0. The zero-order chi connectivity index (χ0) is 13.7. The average Bonchev–Trinajstić information content (AvgIpc) is 3.11. The van der Waals surface area contributed by atoms with Crippen LogP contribution >= 0.6 is 12.2 Å². The number of pyridine rings is 1. The first-order valence-corrected chi connectivity index (χ1v) is 7.58. The molecule has 2 atom stereocenters. The van der Waals surface area contributed by atoms with Gasteiger partial charge < -0.3 is 9.72 Å². The Morgan fingerprint density at radius 2 is 2.20 bits per heavy atom. The minimum absolute atomic E-state index is 0.443. The molecule has 4 heterocycles. The molecule has 0 aromatic carbocycles. The van der Waals surface area contributed by atoms with Gasteiger partial charge in [0.05, 0.1) is 18.7 Å². The van der Waals surface area contributed by atoms with Gasteiger partial charge in [0.2, 0.25) is 5.88 Å². The van der Waals surface area contributed by atoms with Gasteiger partial charge in [-0.15, -0.1) is 0 Å². The normalized spacial score (nSPS) is 26.2. The van der Waals surface area contributed by atoms with Gasteiger partial charge in [0.15, 0.2) is 10.4 Å². The maximum absolute atomic E-state index is 5.54. The van der Waals surface area contributed by atoms with Gasteiger partial charge in [-0.3, -0.25) is 9.47 Å². The van der Waals surface area contributed by atoms with Crippen molar-refractivity contribution in [3.8, 4) is 5.88 Å². The highest BCUT2D eigenvalue weighted by Crippen LogP contribution is 2.37. The Balaban J connectivity index is 1.86. The molecule has 2 aliphatic heterocycles. The maximum atomic E-state index is 5.54. The third kappa shape index (κ3) is 1.71. The van der Waals surface area contributed by atoms with E-state index in [1.54, 1.807) is 7.11 Å². The van der Waals surface area contributed by atoms with Gasteiger partial charge >= 0.3 is 0 Å². The van der Waals surface area contributed by atoms with E-state index in [9.17, 15) is 0 Å². The summed E-state index contributed by atoms with van der Waals surface area (Å²) in [4.78, 5) is 10.5. The Hall–Kier alpha value is -1.40. The molecule has 2 aliphatic rings. The predicted molar refractivity (Wildman–Crippen MR) is 79.7 cm³/mol. The van der Waals surface area contributed by atoms with Crippen LogP contribution in [0.4, 0.5) is 0 Å². The van der Waals surface area contributed by atoms with E-state index in [0.29, 0.717) is 18.0 Å². The molecule has 5 nitrogen and oxygen atoms in total. The van der Waals surface area contributed by atoms with Gasteiger partial charge in [-0.05, 0) is 44.1 Å². The number of ether oxygens (including phenoxy) is 1. The minimum atomic E-state index is 0.443. The number of rotatable bonds is 2. The van der Waals surface area contributed by atoms with Crippen LogP contribution in [-0.2, 0) is 0 Å². The summed E-state index contributed by atoms with van der Waals surface area (Å²) >= 11 is 5.54. The lowest BCUT2D eigenvalue weighted by molar-refractivity contribution is 0.291. The average molecular weight is 290 g/mol. The summed E-state index contributed by atoms with van der Waals surface area (Å²) in [6.07, 6.45) is 3.72. The molecule has 2 aromatic heterocycles. The fraction of sp³-hybridized carbons (Fsp3) is 0.571. The number of nitrogens with zero attached hydrogens (tertiary/aromatic N) is 3. The van der Waals surface area contributed by atoms with Crippen LogP contribution in [0.25, 0.3) is 11.2 Å². The molecule has 2 aromatic rings. The number of methoxy groups -OCH3 is 1. The van der Waals surface area contributed by atoms with E-state index in [1.165, 1.54) is 25.9 Å². The van der Waals surface area contributed by atoms with Crippen LogP contribution in [0.15, 0.2) is 12.1 Å². The molecule has 0 radical (unpaired) electrons. The molecule has 0 bridgehead atoms. The smallest absolute Gasteiger partial charge is 0.215 e. The minimum Gasteiger partial charge on any atom is -0.481 e. The van der Waals surface area contributed by atoms with Crippen molar-refractivity contribution in [3.05, 3.63) is 16.9 Å². The SMILES string of the molecule is COc1ccc2[nH]c(=S)n(C3CCN4CCCC34)c2n1. The molecule has 4 rings (SSSR count). The first-order valence-electron chi connectivity index (χ1n) is 7.17. The Morgan fingerprint density at radius 3 is 3.05 bits per heavy atom. The summed E-state index contributed by atoms with van der Waals surface area (Å²) in [6.45, 7) is 2.40. The van der Waals surface area contributed by atoms with Gasteiger partial charge in [-0.1, -0.05) is 0 Å². The number of hydrogen-bond acceptors (Lipinski definition) is 4. The number of aromatic amines is 1. The fourth-order valence-electron chi connectivity index (χ4n) is 3.76. The van der Waals surface area contributed by atoms with Gasteiger partial charge in [-0.25, -0.2) is 0 Å². The van der Waals surface area contributed by atoms with Gasteiger partial charge in [0, 0.05) is 18.7 Å². The van der Waals surface area contributed by atoms with Crippen molar-refractivity contribution in [2.75, 3.05) is 20.2 Å². The van der Waals surface area contributed by atoms with Gasteiger partial charge in [0.1, 0.15) is 0 Å². The molecule has 0 amide bonds. The summed E-state index contributed by atoms with van der Waals surface area (Å²) in [5.41, 5.74) is 1.92. The maximum Gasteiger partial charge on any atom is 0.215 e. The van der Waals surface area contributed by atoms with E-state index in [-0.39, 0.29) is 0 Å². The van der Waals surface area contributed by atoms with Crippen molar-refractivity contribution in [2.24, 2.45) is 0 Å². The number of hydrogen-bond donors (Lipinski definition) is 1. The zero-order valence-electron chi connectivity index (χ0n) is 11.5. The quantitative estimate of drug-likeness (QED) is 0.863. The van der Waals surface area contributed by atoms with E-state index < -0.39 is 0 Å². The summed E-state index contributed by atoms with van der Waals surface area (Å²) in [7, 11) is 1.65. The largest absolute Gasteiger partial charge is 0.481 e. The lowest BCUT2D eigenvalue weighted by atomic mass is 10.1. The Bertz CT molecular complexity index is 707. The second kappa shape index (κ2) is 4.56. The van der Waals surface area contributed by atoms with Crippen LogP contribution in [-0.4, -0.2) is 45.7 Å². The third-order valence-corrected chi connectivity index (χ3v) is 4.95. The van der Waals surface area contributed by atoms with Crippen molar-refractivity contribution >= 4 is 23.4 Å². The molecule has 2 unspecified atom stereocenters. The monoisotopic (exact) mass is 290 g/mol.